The summed E-state index contributed by atoms with van der Waals surface area (Å²) in [6, 6.07) is 0. The molecular weight excluding hydrogens is 220 g/mol. The second-order valence-corrected chi connectivity index (χ2v) is 8.47. The fourth-order valence-corrected chi connectivity index (χ4v) is 4.27. The Labute approximate surface area is 90.4 Å². The summed E-state index contributed by atoms with van der Waals surface area (Å²) in [5.74, 6) is 1.65. The highest BCUT2D eigenvalue weighted by molar-refractivity contribution is 8.14. The number of hydrogen-bond donors (Lipinski definition) is 0. The average molecular weight is 237 g/mol. The van der Waals surface area contributed by atoms with Crippen LogP contribution >= 0.6 is 10.7 Å². The van der Waals surface area contributed by atoms with E-state index in [9.17, 15) is 8.42 Å². The van der Waals surface area contributed by atoms with E-state index in [1.807, 2.05) is 0 Å². The molecule has 2 aliphatic rings. The van der Waals surface area contributed by atoms with Crippen LogP contribution in [0.3, 0.4) is 0 Å². The lowest BCUT2D eigenvalue weighted by Crippen LogP contribution is -2.40. The third-order valence-corrected chi connectivity index (χ3v) is 7.01. The Hall–Kier alpha value is 0.240. The Morgan fingerprint density at radius 1 is 1.21 bits per heavy atom. The minimum atomic E-state index is -3.44. The molecule has 3 unspecified atom stereocenters. The van der Waals surface area contributed by atoms with Gasteiger partial charge in [-0.25, -0.2) is 8.42 Å². The van der Waals surface area contributed by atoms with Crippen molar-refractivity contribution < 1.29 is 8.42 Å². The maximum atomic E-state index is 11.5. The van der Waals surface area contributed by atoms with E-state index >= 15 is 0 Å². The molecule has 0 amide bonds. The van der Waals surface area contributed by atoms with Gasteiger partial charge in [-0.2, -0.15) is 0 Å². The summed E-state index contributed by atoms with van der Waals surface area (Å²) >= 11 is 0. The fourth-order valence-electron chi connectivity index (χ4n) is 3.28. The van der Waals surface area contributed by atoms with Gasteiger partial charge in [0.2, 0.25) is 9.05 Å². The van der Waals surface area contributed by atoms with Crippen molar-refractivity contribution in [2.24, 2.45) is 17.8 Å². The first-order chi connectivity index (χ1) is 6.32. The first-order valence-electron chi connectivity index (χ1n) is 5.26. The van der Waals surface area contributed by atoms with E-state index in [4.69, 9.17) is 10.7 Å². The lowest BCUT2D eigenvalue weighted by atomic mass is 9.80. The van der Waals surface area contributed by atoms with Gasteiger partial charge < -0.3 is 0 Å². The SMILES string of the molecule is CC(C)(C1CC2CCC1C2)S(=O)(=O)Cl. The van der Waals surface area contributed by atoms with Gasteiger partial charge in [-0.1, -0.05) is 6.42 Å². The van der Waals surface area contributed by atoms with E-state index in [0.29, 0.717) is 5.92 Å². The zero-order valence-corrected chi connectivity index (χ0v) is 10.2. The van der Waals surface area contributed by atoms with Gasteiger partial charge in [-0.3, -0.25) is 0 Å². The minimum Gasteiger partial charge on any atom is -0.212 e. The summed E-state index contributed by atoms with van der Waals surface area (Å²) in [5.41, 5.74) is 0. The van der Waals surface area contributed by atoms with Crippen LogP contribution in [0.4, 0.5) is 0 Å². The Morgan fingerprint density at radius 2 is 1.86 bits per heavy atom. The van der Waals surface area contributed by atoms with Gasteiger partial charge in [0.1, 0.15) is 0 Å². The molecule has 4 heteroatoms. The van der Waals surface area contributed by atoms with Gasteiger partial charge in [0.25, 0.3) is 0 Å². The van der Waals surface area contributed by atoms with Crippen molar-refractivity contribution in [2.75, 3.05) is 0 Å². The Morgan fingerprint density at radius 3 is 2.21 bits per heavy atom. The third-order valence-electron chi connectivity index (χ3n) is 4.26. The first-order valence-corrected chi connectivity index (χ1v) is 7.57. The van der Waals surface area contributed by atoms with Crippen LogP contribution in [0.25, 0.3) is 0 Å². The molecule has 2 aliphatic carbocycles. The van der Waals surface area contributed by atoms with Crippen molar-refractivity contribution in [3.63, 3.8) is 0 Å². The lowest BCUT2D eigenvalue weighted by molar-refractivity contribution is 0.272. The minimum absolute atomic E-state index is 0.281. The average Bonchev–Trinajstić information content (AvgIpc) is 2.61. The van der Waals surface area contributed by atoms with Gasteiger partial charge >= 0.3 is 0 Å². The summed E-state index contributed by atoms with van der Waals surface area (Å²) in [5, 5.41) is 0. The monoisotopic (exact) mass is 236 g/mol. The molecule has 0 N–H and O–H groups in total. The normalized spacial score (nSPS) is 37.8. The summed E-state index contributed by atoms with van der Waals surface area (Å²) in [4.78, 5) is 0. The van der Waals surface area contributed by atoms with Gasteiger partial charge in [0.05, 0.1) is 4.75 Å². The van der Waals surface area contributed by atoms with Crippen LogP contribution < -0.4 is 0 Å². The molecule has 0 aliphatic heterocycles. The fraction of sp³-hybridized carbons (Fsp3) is 1.00. The molecule has 0 saturated heterocycles. The zero-order chi connectivity index (χ0) is 10.6. The quantitative estimate of drug-likeness (QED) is 0.691. The molecule has 0 spiro atoms. The van der Waals surface area contributed by atoms with Crippen molar-refractivity contribution in [2.45, 2.75) is 44.3 Å². The maximum absolute atomic E-state index is 11.5. The summed E-state index contributed by atoms with van der Waals surface area (Å²) in [7, 11) is 2.08. The predicted molar refractivity (Wildman–Crippen MR) is 57.8 cm³/mol. The zero-order valence-electron chi connectivity index (χ0n) is 8.66. The third kappa shape index (κ3) is 1.49. The Bertz CT molecular complexity index is 334. The van der Waals surface area contributed by atoms with E-state index in [-0.39, 0.29) is 5.92 Å². The van der Waals surface area contributed by atoms with Crippen LogP contribution in [-0.2, 0) is 9.05 Å². The van der Waals surface area contributed by atoms with E-state index in [1.54, 1.807) is 13.8 Å². The van der Waals surface area contributed by atoms with Gasteiger partial charge in [0.15, 0.2) is 0 Å². The highest BCUT2D eigenvalue weighted by Gasteiger charge is 2.51. The molecule has 14 heavy (non-hydrogen) atoms. The van der Waals surface area contributed by atoms with Crippen LogP contribution in [0, 0.1) is 17.8 Å². The van der Waals surface area contributed by atoms with E-state index in [0.717, 1.165) is 12.3 Å². The summed E-state index contributed by atoms with van der Waals surface area (Å²) in [6.07, 6.45) is 4.77. The van der Waals surface area contributed by atoms with Crippen molar-refractivity contribution in [3.8, 4) is 0 Å². The second kappa shape index (κ2) is 3.11. The highest BCUT2D eigenvalue weighted by atomic mass is 35.7. The molecule has 2 rings (SSSR count). The highest BCUT2D eigenvalue weighted by Crippen LogP contribution is 2.54. The van der Waals surface area contributed by atoms with Gasteiger partial charge in [0, 0.05) is 10.7 Å². The van der Waals surface area contributed by atoms with Gasteiger partial charge in [-0.15, -0.1) is 0 Å². The molecule has 3 atom stereocenters. The molecule has 0 aromatic heterocycles. The largest absolute Gasteiger partial charge is 0.238 e. The molecule has 0 radical (unpaired) electrons. The van der Waals surface area contributed by atoms with E-state index in [1.165, 1.54) is 19.3 Å². The molecule has 2 bridgehead atoms. The summed E-state index contributed by atoms with van der Waals surface area (Å²) < 4.78 is 22.2. The predicted octanol–water partition coefficient (Wildman–Crippen LogP) is 2.77. The molecule has 2 saturated carbocycles. The van der Waals surface area contributed by atoms with Crippen molar-refractivity contribution >= 4 is 19.7 Å². The van der Waals surface area contributed by atoms with Crippen molar-refractivity contribution in [1.82, 2.24) is 0 Å². The Balaban J connectivity index is 2.24. The number of hydrogen-bond acceptors (Lipinski definition) is 2. The smallest absolute Gasteiger partial charge is 0.212 e. The van der Waals surface area contributed by atoms with Crippen molar-refractivity contribution in [1.29, 1.82) is 0 Å². The molecule has 2 fully saturated rings. The van der Waals surface area contributed by atoms with E-state index in [2.05, 4.69) is 0 Å². The van der Waals surface area contributed by atoms with E-state index < -0.39 is 13.8 Å². The standard InChI is InChI=1S/C10H17ClO2S/c1-10(2,14(11,12)13)9-6-7-3-4-8(9)5-7/h7-9H,3-6H2,1-2H3. The second-order valence-electron chi connectivity index (χ2n) is 5.32. The maximum Gasteiger partial charge on any atom is 0.238 e. The molecular formula is C10H17ClO2S. The van der Waals surface area contributed by atoms with Gasteiger partial charge in [-0.05, 0) is 50.9 Å². The van der Waals surface area contributed by atoms with Crippen LogP contribution in [0.2, 0.25) is 0 Å². The van der Waals surface area contributed by atoms with Crippen LogP contribution in [0.15, 0.2) is 0 Å². The Kier molecular flexibility index (Phi) is 2.39. The topological polar surface area (TPSA) is 34.1 Å². The lowest BCUT2D eigenvalue weighted by Gasteiger charge is -2.34. The van der Waals surface area contributed by atoms with Crippen LogP contribution in [-0.4, -0.2) is 13.2 Å². The van der Waals surface area contributed by atoms with Crippen LogP contribution in [0.1, 0.15) is 39.5 Å². The number of halogens is 1. The number of rotatable bonds is 2. The molecule has 82 valence electrons. The molecule has 0 aromatic rings. The number of fused-ring (bicyclic) bond motifs is 2. The van der Waals surface area contributed by atoms with Crippen LogP contribution in [0.5, 0.6) is 0 Å². The van der Waals surface area contributed by atoms with Crippen molar-refractivity contribution in [3.05, 3.63) is 0 Å². The summed E-state index contributed by atoms with van der Waals surface area (Å²) in [6.45, 7) is 3.56. The molecule has 0 heterocycles. The molecule has 2 nitrogen and oxygen atoms in total. The molecule has 0 aromatic carbocycles. The first kappa shape index (κ1) is 10.7.